The Kier molecular flexibility index (Phi) is 6.22. The minimum absolute atomic E-state index is 0.00436. The molecule has 0 unspecified atom stereocenters. The molecule has 0 saturated carbocycles. The lowest BCUT2D eigenvalue weighted by molar-refractivity contribution is -0.122. The van der Waals surface area contributed by atoms with Crippen molar-refractivity contribution in [2.24, 2.45) is 0 Å². The number of piperidine rings is 1. The number of hydrogen-bond acceptors (Lipinski definition) is 5. The quantitative estimate of drug-likeness (QED) is 0.868. The summed E-state index contributed by atoms with van der Waals surface area (Å²) in [5.41, 5.74) is 0. The summed E-state index contributed by atoms with van der Waals surface area (Å²) in [7, 11) is 1.55. The second-order valence-electron chi connectivity index (χ2n) is 5.67. The fraction of sp³-hybridized carbons (Fsp3) is 0.562. The van der Waals surface area contributed by atoms with Gasteiger partial charge in [-0.2, -0.15) is 0 Å². The van der Waals surface area contributed by atoms with E-state index in [2.05, 4.69) is 5.32 Å². The topological polar surface area (TPSA) is 92.1 Å². The van der Waals surface area contributed by atoms with Gasteiger partial charge in [0.25, 0.3) is 5.91 Å². The lowest BCUT2D eigenvalue weighted by Gasteiger charge is -2.31. The van der Waals surface area contributed by atoms with Gasteiger partial charge in [0.2, 0.25) is 5.91 Å². The summed E-state index contributed by atoms with van der Waals surface area (Å²) in [6, 6.07) is 3.18. The Hall–Kier alpha value is -2.51. The monoisotopic (exact) mass is 337 g/mol. The van der Waals surface area contributed by atoms with Crippen molar-refractivity contribution in [2.75, 3.05) is 33.3 Å². The highest BCUT2D eigenvalue weighted by atomic mass is 16.6. The van der Waals surface area contributed by atoms with Gasteiger partial charge in [-0.15, -0.1) is 0 Å². The number of rotatable bonds is 5. The van der Waals surface area contributed by atoms with Crippen molar-refractivity contribution in [3.05, 3.63) is 24.2 Å². The average Bonchev–Trinajstić information content (AvgIpc) is 3.09. The first-order valence-electron chi connectivity index (χ1n) is 8.01. The lowest BCUT2D eigenvalue weighted by atomic mass is 10.1. The van der Waals surface area contributed by atoms with Crippen LogP contribution in [0.3, 0.4) is 0 Å². The molecule has 2 rings (SSSR count). The van der Waals surface area contributed by atoms with Crippen LogP contribution < -0.4 is 5.32 Å². The van der Waals surface area contributed by atoms with Gasteiger partial charge in [-0.05, 0) is 31.9 Å². The molecular formula is C16H23N3O5. The van der Waals surface area contributed by atoms with Crippen LogP contribution in [-0.4, -0.2) is 67.0 Å². The summed E-state index contributed by atoms with van der Waals surface area (Å²) >= 11 is 0. The van der Waals surface area contributed by atoms with Crippen molar-refractivity contribution in [3.63, 3.8) is 0 Å². The molecule has 1 fully saturated rings. The zero-order chi connectivity index (χ0) is 17.5. The van der Waals surface area contributed by atoms with E-state index >= 15 is 0 Å². The van der Waals surface area contributed by atoms with Crippen molar-refractivity contribution >= 4 is 17.9 Å². The summed E-state index contributed by atoms with van der Waals surface area (Å²) in [5.74, 6) is -0.368. The molecule has 1 aliphatic rings. The molecule has 3 amide bonds. The van der Waals surface area contributed by atoms with Gasteiger partial charge in [0.05, 0.1) is 19.4 Å². The Morgan fingerprint density at radius 1 is 1.38 bits per heavy atom. The molecule has 2 heterocycles. The summed E-state index contributed by atoms with van der Waals surface area (Å²) in [5, 5.41) is 2.90. The van der Waals surface area contributed by atoms with Gasteiger partial charge in [0.15, 0.2) is 5.76 Å². The standard InChI is InChI=1S/C16H23N3O5/c1-3-23-16(22)19-8-6-12(7-9-19)17-14(20)11-18(2)15(21)13-5-4-10-24-13/h4-5,10,12H,3,6-9,11H2,1-2H3,(H,17,20). The minimum Gasteiger partial charge on any atom is -0.459 e. The van der Waals surface area contributed by atoms with Crippen LogP contribution >= 0.6 is 0 Å². The molecule has 0 bridgehead atoms. The Balaban J connectivity index is 1.73. The molecule has 24 heavy (non-hydrogen) atoms. The van der Waals surface area contributed by atoms with Gasteiger partial charge in [0, 0.05) is 26.2 Å². The molecular weight excluding hydrogens is 314 g/mol. The molecule has 132 valence electrons. The van der Waals surface area contributed by atoms with Crippen molar-refractivity contribution in [3.8, 4) is 0 Å². The first kappa shape index (κ1) is 17.8. The van der Waals surface area contributed by atoms with Crippen LogP contribution in [-0.2, 0) is 9.53 Å². The minimum atomic E-state index is -0.340. The SMILES string of the molecule is CCOC(=O)N1CCC(NC(=O)CN(C)C(=O)c2ccco2)CC1. The van der Waals surface area contributed by atoms with Crippen LogP contribution in [0.4, 0.5) is 4.79 Å². The molecule has 1 aromatic rings. The van der Waals surface area contributed by atoms with E-state index in [9.17, 15) is 14.4 Å². The van der Waals surface area contributed by atoms with Gasteiger partial charge in [-0.25, -0.2) is 4.79 Å². The van der Waals surface area contributed by atoms with Gasteiger partial charge in [-0.3, -0.25) is 9.59 Å². The summed E-state index contributed by atoms with van der Waals surface area (Å²) in [6.45, 7) is 3.17. The van der Waals surface area contributed by atoms with Gasteiger partial charge in [0.1, 0.15) is 0 Å². The molecule has 1 aliphatic heterocycles. The van der Waals surface area contributed by atoms with Gasteiger partial charge in [-0.1, -0.05) is 0 Å². The predicted molar refractivity (Wildman–Crippen MR) is 85.4 cm³/mol. The van der Waals surface area contributed by atoms with E-state index in [0.717, 1.165) is 0 Å². The highest BCUT2D eigenvalue weighted by Crippen LogP contribution is 2.11. The molecule has 0 radical (unpaired) electrons. The molecule has 1 saturated heterocycles. The fourth-order valence-corrected chi connectivity index (χ4v) is 2.57. The van der Waals surface area contributed by atoms with E-state index in [1.54, 1.807) is 31.0 Å². The molecule has 8 heteroatoms. The number of ether oxygens (including phenoxy) is 1. The van der Waals surface area contributed by atoms with E-state index < -0.39 is 0 Å². The molecule has 0 atom stereocenters. The predicted octanol–water partition coefficient (Wildman–Crippen LogP) is 1.09. The maximum atomic E-state index is 12.1. The van der Waals surface area contributed by atoms with Crippen molar-refractivity contribution in [1.29, 1.82) is 0 Å². The number of carbonyl (C=O) groups excluding carboxylic acids is 3. The first-order valence-corrected chi connectivity index (χ1v) is 8.01. The zero-order valence-electron chi connectivity index (χ0n) is 14.0. The molecule has 1 aromatic heterocycles. The summed E-state index contributed by atoms with van der Waals surface area (Å²) in [4.78, 5) is 38.6. The number of nitrogens with one attached hydrogen (secondary N) is 1. The van der Waals surface area contributed by atoms with E-state index in [-0.39, 0.29) is 36.3 Å². The molecule has 0 aliphatic carbocycles. The second kappa shape index (κ2) is 8.37. The Labute approximate surface area is 140 Å². The second-order valence-corrected chi connectivity index (χ2v) is 5.67. The number of amides is 3. The van der Waals surface area contributed by atoms with E-state index in [1.165, 1.54) is 11.2 Å². The lowest BCUT2D eigenvalue weighted by Crippen LogP contribution is -2.49. The van der Waals surface area contributed by atoms with Crippen molar-refractivity contribution in [2.45, 2.75) is 25.8 Å². The zero-order valence-corrected chi connectivity index (χ0v) is 14.0. The summed E-state index contributed by atoms with van der Waals surface area (Å²) < 4.78 is 9.99. The van der Waals surface area contributed by atoms with Crippen LogP contribution in [0.2, 0.25) is 0 Å². The Morgan fingerprint density at radius 2 is 2.08 bits per heavy atom. The van der Waals surface area contributed by atoms with E-state index in [0.29, 0.717) is 32.5 Å². The Bertz CT molecular complexity index is 564. The third kappa shape index (κ3) is 4.74. The fourth-order valence-electron chi connectivity index (χ4n) is 2.57. The number of nitrogens with zero attached hydrogens (tertiary/aromatic N) is 2. The molecule has 0 aromatic carbocycles. The van der Waals surface area contributed by atoms with Crippen molar-refractivity contribution in [1.82, 2.24) is 15.1 Å². The van der Waals surface area contributed by atoms with E-state index in [4.69, 9.17) is 9.15 Å². The van der Waals surface area contributed by atoms with Gasteiger partial charge < -0.3 is 24.3 Å². The number of likely N-dealkylation sites (tertiary alicyclic amines) is 1. The van der Waals surface area contributed by atoms with Crippen molar-refractivity contribution < 1.29 is 23.5 Å². The van der Waals surface area contributed by atoms with Crippen LogP contribution in [0.1, 0.15) is 30.3 Å². The third-order valence-corrected chi connectivity index (χ3v) is 3.85. The van der Waals surface area contributed by atoms with E-state index in [1.807, 2.05) is 0 Å². The molecule has 8 nitrogen and oxygen atoms in total. The smallest absolute Gasteiger partial charge is 0.409 e. The number of likely N-dealkylation sites (N-methyl/N-ethyl adjacent to an activating group) is 1. The third-order valence-electron chi connectivity index (χ3n) is 3.85. The number of furan rings is 1. The molecule has 1 N–H and O–H groups in total. The normalized spacial score (nSPS) is 15.0. The van der Waals surface area contributed by atoms with Gasteiger partial charge >= 0.3 is 6.09 Å². The maximum Gasteiger partial charge on any atom is 0.409 e. The molecule has 0 spiro atoms. The van der Waals surface area contributed by atoms with Crippen LogP contribution in [0.15, 0.2) is 22.8 Å². The Morgan fingerprint density at radius 3 is 2.67 bits per heavy atom. The average molecular weight is 337 g/mol. The number of carbonyl (C=O) groups is 3. The maximum absolute atomic E-state index is 12.1. The largest absolute Gasteiger partial charge is 0.459 e. The van der Waals surface area contributed by atoms with Crippen LogP contribution in [0.5, 0.6) is 0 Å². The van der Waals surface area contributed by atoms with Crippen LogP contribution in [0, 0.1) is 0 Å². The summed E-state index contributed by atoms with van der Waals surface area (Å²) in [6.07, 6.45) is 2.44. The number of hydrogen-bond donors (Lipinski definition) is 1. The first-order chi connectivity index (χ1) is 11.5. The van der Waals surface area contributed by atoms with Crippen LogP contribution in [0.25, 0.3) is 0 Å². The highest BCUT2D eigenvalue weighted by molar-refractivity contribution is 5.94. The highest BCUT2D eigenvalue weighted by Gasteiger charge is 2.25.